The molecule has 2 aromatic rings. The fourth-order valence-electron chi connectivity index (χ4n) is 1.76. The molecule has 23 heavy (non-hydrogen) atoms. The summed E-state index contributed by atoms with van der Waals surface area (Å²) >= 11 is 3.25. The number of ether oxygens (including phenoxy) is 1. The van der Waals surface area contributed by atoms with Crippen LogP contribution in [-0.4, -0.2) is 23.3 Å². The van der Waals surface area contributed by atoms with Gasteiger partial charge in [-0.3, -0.25) is 14.9 Å². The van der Waals surface area contributed by atoms with Gasteiger partial charge in [0.1, 0.15) is 0 Å². The van der Waals surface area contributed by atoms with Gasteiger partial charge >= 0.3 is 5.97 Å². The van der Waals surface area contributed by atoms with Crippen molar-refractivity contribution >= 4 is 39.1 Å². The van der Waals surface area contributed by atoms with Crippen LogP contribution in [0.25, 0.3) is 0 Å². The number of ketones is 1. The first-order chi connectivity index (χ1) is 10.9. The summed E-state index contributed by atoms with van der Waals surface area (Å²) in [6.45, 7) is -0.484. The Kier molecular flexibility index (Phi) is 5.07. The van der Waals surface area contributed by atoms with E-state index in [9.17, 15) is 19.7 Å². The molecular formula is C15H11BrN2O5. The standard InChI is InChI=1S/C15H11BrN2O5/c16-10-3-1-9(2-4-10)14(19)8-23-15(20)12-7-11(18(21)22)5-6-13(12)17/h1-7H,8,17H2. The summed E-state index contributed by atoms with van der Waals surface area (Å²) in [5.41, 5.74) is 5.60. The van der Waals surface area contributed by atoms with Gasteiger partial charge in [0.25, 0.3) is 5.69 Å². The Morgan fingerprint density at radius 3 is 2.43 bits per heavy atom. The molecule has 2 aromatic carbocycles. The van der Waals surface area contributed by atoms with E-state index in [4.69, 9.17) is 10.5 Å². The van der Waals surface area contributed by atoms with Crippen molar-refractivity contribution in [2.24, 2.45) is 0 Å². The minimum atomic E-state index is -0.892. The lowest BCUT2D eigenvalue weighted by atomic mass is 10.1. The highest BCUT2D eigenvalue weighted by Gasteiger charge is 2.18. The molecule has 0 aliphatic heterocycles. The first-order valence-corrected chi connectivity index (χ1v) is 7.17. The Labute approximate surface area is 139 Å². The maximum atomic E-state index is 11.9. The van der Waals surface area contributed by atoms with Gasteiger partial charge in [0.2, 0.25) is 0 Å². The highest BCUT2D eigenvalue weighted by Crippen LogP contribution is 2.20. The number of Topliss-reactive ketones (excluding diaryl/α,β-unsaturated/α-hetero) is 1. The molecule has 0 unspecified atom stereocenters. The molecule has 0 heterocycles. The number of rotatable bonds is 5. The summed E-state index contributed by atoms with van der Waals surface area (Å²) < 4.78 is 5.70. The van der Waals surface area contributed by atoms with Crippen LogP contribution >= 0.6 is 15.9 Å². The Balaban J connectivity index is 2.07. The van der Waals surface area contributed by atoms with Gasteiger partial charge in [-0.05, 0) is 18.2 Å². The molecule has 0 radical (unpaired) electrons. The molecule has 0 amide bonds. The lowest BCUT2D eigenvalue weighted by molar-refractivity contribution is -0.384. The summed E-state index contributed by atoms with van der Waals surface area (Å²) in [5.74, 6) is -1.29. The summed E-state index contributed by atoms with van der Waals surface area (Å²) in [7, 11) is 0. The molecule has 0 atom stereocenters. The number of nitrogens with zero attached hydrogens (tertiary/aromatic N) is 1. The second-order valence-electron chi connectivity index (χ2n) is 4.53. The number of nitro groups is 1. The highest BCUT2D eigenvalue weighted by atomic mass is 79.9. The van der Waals surface area contributed by atoms with Crippen molar-refractivity contribution in [3.8, 4) is 0 Å². The molecule has 0 aliphatic carbocycles. The van der Waals surface area contributed by atoms with Crippen LogP contribution in [-0.2, 0) is 4.74 Å². The van der Waals surface area contributed by atoms with Gasteiger partial charge in [-0.1, -0.05) is 28.1 Å². The molecule has 0 saturated carbocycles. The van der Waals surface area contributed by atoms with Crippen molar-refractivity contribution in [3.05, 3.63) is 68.2 Å². The van der Waals surface area contributed by atoms with E-state index in [0.717, 1.165) is 10.5 Å². The zero-order valence-electron chi connectivity index (χ0n) is 11.7. The van der Waals surface area contributed by atoms with Crippen molar-refractivity contribution in [3.63, 3.8) is 0 Å². The first kappa shape index (κ1) is 16.6. The zero-order chi connectivity index (χ0) is 17.0. The van der Waals surface area contributed by atoms with E-state index in [1.165, 1.54) is 12.1 Å². The third kappa shape index (κ3) is 4.13. The second-order valence-corrected chi connectivity index (χ2v) is 5.45. The van der Waals surface area contributed by atoms with E-state index in [2.05, 4.69) is 15.9 Å². The number of benzene rings is 2. The predicted octanol–water partition coefficient (Wildman–Crippen LogP) is 2.98. The number of carbonyl (C=O) groups excluding carboxylic acids is 2. The van der Waals surface area contributed by atoms with Gasteiger partial charge in [-0.15, -0.1) is 0 Å². The minimum Gasteiger partial charge on any atom is -0.454 e. The van der Waals surface area contributed by atoms with Gasteiger partial charge in [-0.2, -0.15) is 0 Å². The molecular weight excluding hydrogens is 368 g/mol. The van der Waals surface area contributed by atoms with Crippen LogP contribution in [0.15, 0.2) is 46.9 Å². The van der Waals surface area contributed by atoms with E-state index >= 15 is 0 Å². The van der Waals surface area contributed by atoms with Crippen LogP contribution in [0.3, 0.4) is 0 Å². The smallest absolute Gasteiger partial charge is 0.340 e. The second kappa shape index (κ2) is 7.01. The number of esters is 1. The first-order valence-electron chi connectivity index (χ1n) is 6.38. The predicted molar refractivity (Wildman–Crippen MR) is 86.3 cm³/mol. The summed E-state index contributed by atoms with van der Waals surface area (Å²) in [5, 5.41) is 10.7. The SMILES string of the molecule is Nc1ccc([N+](=O)[O-])cc1C(=O)OCC(=O)c1ccc(Br)cc1. The van der Waals surface area contributed by atoms with E-state index in [1.54, 1.807) is 24.3 Å². The van der Waals surface area contributed by atoms with Crippen molar-refractivity contribution in [1.29, 1.82) is 0 Å². The molecule has 0 bridgehead atoms. The highest BCUT2D eigenvalue weighted by molar-refractivity contribution is 9.10. The number of halogens is 1. The zero-order valence-corrected chi connectivity index (χ0v) is 13.3. The van der Waals surface area contributed by atoms with Crippen molar-refractivity contribution in [1.82, 2.24) is 0 Å². The van der Waals surface area contributed by atoms with Gasteiger partial charge in [0.15, 0.2) is 12.4 Å². The summed E-state index contributed by atoms with van der Waals surface area (Å²) in [6, 6.07) is 9.98. The lowest BCUT2D eigenvalue weighted by Gasteiger charge is -2.06. The lowest BCUT2D eigenvalue weighted by Crippen LogP contribution is -2.15. The Morgan fingerprint density at radius 1 is 1.17 bits per heavy atom. The van der Waals surface area contributed by atoms with Crippen LogP contribution in [0.2, 0.25) is 0 Å². The topological polar surface area (TPSA) is 113 Å². The van der Waals surface area contributed by atoms with Crippen LogP contribution in [0.5, 0.6) is 0 Å². The number of nitro benzene ring substituents is 1. The summed E-state index contributed by atoms with van der Waals surface area (Å²) in [4.78, 5) is 33.9. The Morgan fingerprint density at radius 2 is 1.83 bits per heavy atom. The molecule has 2 N–H and O–H groups in total. The third-order valence-corrected chi connectivity index (χ3v) is 3.50. The maximum Gasteiger partial charge on any atom is 0.340 e. The van der Waals surface area contributed by atoms with Crippen LogP contribution in [0.4, 0.5) is 11.4 Å². The fraction of sp³-hybridized carbons (Fsp3) is 0.0667. The van der Waals surface area contributed by atoms with Crippen molar-refractivity contribution < 1.29 is 19.2 Å². The molecule has 7 nitrogen and oxygen atoms in total. The number of hydrogen-bond donors (Lipinski definition) is 1. The molecule has 8 heteroatoms. The van der Waals surface area contributed by atoms with E-state index in [1.807, 2.05) is 0 Å². The summed E-state index contributed by atoms with van der Waals surface area (Å²) in [6.07, 6.45) is 0. The molecule has 118 valence electrons. The number of nitrogen functional groups attached to an aromatic ring is 1. The number of carbonyl (C=O) groups is 2. The number of anilines is 1. The average molecular weight is 379 g/mol. The normalized spacial score (nSPS) is 10.1. The molecule has 0 aromatic heterocycles. The number of hydrogen-bond acceptors (Lipinski definition) is 6. The van der Waals surface area contributed by atoms with Crippen LogP contribution in [0, 0.1) is 10.1 Å². The largest absolute Gasteiger partial charge is 0.454 e. The number of non-ortho nitro benzene ring substituents is 1. The van der Waals surface area contributed by atoms with E-state index < -0.39 is 23.3 Å². The van der Waals surface area contributed by atoms with E-state index in [0.29, 0.717) is 5.56 Å². The van der Waals surface area contributed by atoms with Gasteiger partial charge < -0.3 is 10.5 Å². The molecule has 0 fully saturated rings. The third-order valence-electron chi connectivity index (χ3n) is 2.97. The average Bonchev–Trinajstić information content (AvgIpc) is 2.53. The number of nitrogens with two attached hydrogens (primary N) is 1. The fourth-order valence-corrected chi connectivity index (χ4v) is 2.03. The van der Waals surface area contributed by atoms with Gasteiger partial charge in [0, 0.05) is 27.9 Å². The Hall–Kier alpha value is -2.74. The molecule has 0 saturated heterocycles. The van der Waals surface area contributed by atoms with Gasteiger partial charge in [0.05, 0.1) is 10.5 Å². The van der Waals surface area contributed by atoms with Crippen LogP contribution in [0.1, 0.15) is 20.7 Å². The van der Waals surface area contributed by atoms with Gasteiger partial charge in [-0.25, -0.2) is 4.79 Å². The van der Waals surface area contributed by atoms with Crippen molar-refractivity contribution in [2.45, 2.75) is 0 Å². The van der Waals surface area contributed by atoms with Crippen LogP contribution < -0.4 is 5.73 Å². The molecule has 0 aliphatic rings. The van der Waals surface area contributed by atoms with E-state index in [-0.39, 0.29) is 16.9 Å². The Bertz CT molecular complexity index is 774. The molecule has 0 spiro atoms. The monoisotopic (exact) mass is 378 g/mol. The molecule has 2 rings (SSSR count). The minimum absolute atomic E-state index is 0.0386. The maximum absolute atomic E-state index is 11.9. The quantitative estimate of drug-likeness (QED) is 0.281. The van der Waals surface area contributed by atoms with Crippen molar-refractivity contribution in [2.75, 3.05) is 12.3 Å².